The van der Waals surface area contributed by atoms with Crippen molar-refractivity contribution in [1.29, 1.82) is 0 Å². The van der Waals surface area contributed by atoms with Crippen molar-refractivity contribution in [3.8, 4) is 5.75 Å². The van der Waals surface area contributed by atoms with Crippen molar-refractivity contribution in [1.82, 2.24) is 0 Å². The molecule has 0 unspecified atom stereocenters. The van der Waals surface area contributed by atoms with Gasteiger partial charge in [0.15, 0.2) is 0 Å². The van der Waals surface area contributed by atoms with Gasteiger partial charge in [-0.3, -0.25) is 0 Å². The maximum Gasteiger partial charge on any atom is 0.119 e. The van der Waals surface area contributed by atoms with Crippen molar-refractivity contribution in [2.45, 2.75) is 51.9 Å². The summed E-state index contributed by atoms with van der Waals surface area (Å²) in [7, 11) is 0. The first-order valence-electron chi connectivity index (χ1n) is 8.93. The third-order valence-electron chi connectivity index (χ3n) is 3.93. The van der Waals surface area contributed by atoms with Crippen LogP contribution in [0.15, 0.2) is 54.6 Å². The van der Waals surface area contributed by atoms with Crippen LogP contribution in [-0.2, 0) is 0 Å². The van der Waals surface area contributed by atoms with Crippen LogP contribution in [0.4, 0.5) is 11.4 Å². The molecule has 0 bridgehead atoms. The van der Waals surface area contributed by atoms with Crippen molar-refractivity contribution in [3.05, 3.63) is 54.6 Å². The number of hydrogen-bond acceptors (Lipinski definition) is 2. The summed E-state index contributed by atoms with van der Waals surface area (Å²) in [4.78, 5) is 0. The van der Waals surface area contributed by atoms with Gasteiger partial charge in [0, 0.05) is 11.4 Å². The van der Waals surface area contributed by atoms with E-state index in [1.54, 1.807) is 0 Å². The minimum absolute atomic E-state index is 0.819. The van der Waals surface area contributed by atoms with Crippen LogP contribution in [0.5, 0.6) is 5.75 Å². The van der Waals surface area contributed by atoms with E-state index in [2.05, 4.69) is 36.5 Å². The van der Waals surface area contributed by atoms with Gasteiger partial charge in [-0.05, 0) is 42.8 Å². The second-order valence-corrected chi connectivity index (χ2v) is 5.99. The highest BCUT2D eigenvalue weighted by Gasteiger charge is 1.97. The molecule has 0 aliphatic carbocycles. The number of unbranched alkanes of at least 4 members (excludes halogenated alkanes) is 6. The molecule has 0 heterocycles. The third-order valence-corrected chi connectivity index (χ3v) is 3.93. The predicted octanol–water partition coefficient (Wildman–Crippen LogP) is 6.56. The number of hydrogen-bond donors (Lipinski definition) is 1. The highest BCUT2D eigenvalue weighted by molar-refractivity contribution is 5.59. The maximum absolute atomic E-state index is 5.81. The molecule has 0 atom stereocenters. The van der Waals surface area contributed by atoms with Crippen molar-refractivity contribution < 1.29 is 4.74 Å². The van der Waals surface area contributed by atoms with E-state index in [-0.39, 0.29) is 0 Å². The van der Waals surface area contributed by atoms with Crippen molar-refractivity contribution in [3.63, 3.8) is 0 Å². The number of rotatable bonds is 11. The second kappa shape index (κ2) is 10.7. The average molecular weight is 311 g/mol. The summed E-state index contributed by atoms with van der Waals surface area (Å²) in [6.07, 6.45) is 9.20. The van der Waals surface area contributed by atoms with Gasteiger partial charge in [0.25, 0.3) is 0 Å². The molecular weight excluding hydrogens is 282 g/mol. The Kier molecular flexibility index (Phi) is 8.10. The molecule has 0 radical (unpaired) electrons. The molecule has 0 saturated carbocycles. The summed E-state index contributed by atoms with van der Waals surface area (Å²) in [6.45, 7) is 3.08. The van der Waals surface area contributed by atoms with Gasteiger partial charge in [-0.15, -0.1) is 0 Å². The van der Waals surface area contributed by atoms with E-state index < -0.39 is 0 Å². The molecule has 2 rings (SSSR count). The van der Waals surface area contributed by atoms with Gasteiger partial charge >= 0.3 is 0 Å². The fourth-order valence-electron chi connectivity index (χ4n) is 2.57. The third kappa shape index (κ3) is 7.23. The number of anilines is 2. The van der Waals surface area contributed by atoms with E-state index in [9.17, 15) is 0 Å². The van der Waals surface area contributed by atoms with E-state index in [1.807, 2.05) is 30.3 Å². The monoisotopic (exact) mass is 311 g/mol. The van der Waals surface area contributed by atoms with Crippen LogP contribution in [0.25, 0.3) is 0 Å². The van der Waals surface area contributed by atoms with Crippen molar-refractivity contribution in [2.24, 2.45) is 0 Å². The van der Waals surface area contributed by atoms with Crippen LogP contribution in [0.3, 0.4) is 0 Å². The minimum Gasteiger partial charge on any atom is -0.494 e. The smallest absolute Gasteiger partial charge is 0.119 e. The van der Waals surface area contributed by atoms with E-state index >= 15 is 0 Å². The SMILES string of the molecule is CCCCCCCCCOc1ccc(Nc2ccccc2)cc1. The molecule has 0 aromatic heterocycles. The van der Waals surface area contributed by atoms with Gasteiger partial charge in [0.1, 0.15) is 5.75 Å². The summed E-state index contributed by atoms with van der Waals surface area (Å²) >= 11 is 0. The van der Waals surface area contributed by atoms with Gasteiger partial charge in [-0.2, -0.15) is 0 Å². The first kappa shape index (κ1) is 17.4. The van der Waals surface area contributed by atoms with Crippen LogP contribution < -0.4 is 10.1 Å². The Morgan fingerprint density at radius 1 is 0.696 bits per heavy atom. The van der Waals surface area contributed by atoms with Crippen LogP contribution in [0.2, 0.25) is 0 Å². The maximum atomic E-state index is 5.81. The Labute approximate surface area is 140 Å². The summed E-state index contributed by atoms with van der Waals surface area (Å²) in [5, 5.41) is 3.38. The summed E-state index contributed by atoms with van der Waals surface area (Å²) in [5.41, 5.74) is 2.18. The lowest BCUT2D eigenvalue weighted by molar-refractivity contribution is 0.304. The largest absolute Gasteiger partial charge is 0.494 e. The minimum atomic E-state index is 0.819. The van der Waals surface area contributed by atoms with Gasteiger partial charge in [0.2, 0.25) is 0 Å². The summed E-state index contributed by atoms with van der Waals surface area (Å²) in [5.74, 6) is 0.953. The zero-order valence-corrected chi connectivity index (χ0v) is 14.3. The molecular formula is C21H29NO. The van der Waals surface area contributed by atoms with Gasteiger partial charge in [-0.25, -0.2) is 0 Å². The van der Waals surface area contributed by atoms with E-state index in [0.29, 0.717) is 0 Å². The molecule has 23 heavy (non-hydrogen) atoms. The highest BCUT2D eigenvalue weighted by atomic mass is 16.5. The fourth-order valence-corrected chi connectivity index (χ4v) is 2.57. The lowest BCUT2D eigenvalue weighted by Crippen LogP contribution is -1.97. The lowest BCUT2D eigenvalue weighted by Gasteiger charge is -2.09. The molecule has 0 saturated heterocycles. The first-order valence-corrected chi connectivity index (χ1v) is 8.93. The molecule has 2 heteroatoms. The van der Waals surface area contributed by atoms with E-state index in [4.69, 9.17) is 4.74 Å². The number of para-hydroxylation sites is 1. The Morgan fingerprint density at radius 2 is 1.30 bits per heavy atom. The molecule has 0 aliphatic rings. The molecule has 124 valence electrons. The fraction of sp³-hybridized carbons (Fsp3) is 0.429. The molecule has 0 fully saturated rings. The Hall–Kier alpha value is -1.96. The number of ether oxygens (including phenoxy) is 1. The molecule has 2 aromatic carbocycles. The normalized spacial score (nSPS) is 10.5. The Balaban J connectivity index is 1.61. The summed E-state index contributed by atoms with van der Waals surface area (Å²) < 4.78 is 5.81. The molecule has 1 N–H and O–H groups in total. The lowest BCUT2D eigenvalue weighted by atomic mass is 10.1. The Bertz CT molecular complexity index is 521. The summed E-state index contributed by atoms with van der Waals surface area (Å²) in [6, 6.07) is 18.4. The second-order valence-electron chi connectivity index (χ2n) is 5.99. The van der Waals surface area contributed by atoms with Crippen LogP contribution in [0, 0.1) is 0 Å². The van der Waals surface area contributed by atoms with E-state index in [0.717, 1.165) is 30.2 Å². The van der Waals surface area contributed by atoms with Crippen molar-refractivity contribution in [2.75, 3.05) is 11.9 Å². The van der Waals surface area contributed by atoms with Gasteiger partial charge in [-0.1, -0.05) is 63.6 Å². The number of benzene rings is 2. The van der Waals surface area contributed by atoms with Crippen LogP contribution >= 0.6 is 0 Å². The van der Waals surface area contributed by atoms with Crippen LogP contribution in [-0.4, -0.2) is 6.61 Å². The van der Waals surface area contributed by atoms with Gasteiger partial charge in [0.05, 0.1) is 6.61 Å². The molecule has 2 aromatic rings. The average Bonchev–Trinajstić information content (AvgIpc) is 2.60. The van der Waals surface area contributed by atoms with Gasteiger partial charge < -0.3 is 10.1 Å². The molecule has 0 aliphatic heterocycles. The first-order chi connectivity index (χ1) is 11.4. The highest BCUT2D eigenvalue weighted by Crippen LogP contribution is 2.20. The van der Waals surface area contributed by atoms with Crippen molar-refractivity contribution >= 4 is 11.4 Å². The standard InChI is InChI=1S/C21H29NO/c1-2-3-4-5-6-7-11-18-23-21-16-14-20(15-17-21)22-19-12-9-8-10-13-19/h8-10,12-17,22H,2-7,11,18H2,1H3. The van der Waals surface area contributed by atoms with E-state index in [1.165, 1.54) is 38.5 Å². The zero-order chi connectivity index (χ0) is 16.2. The number of nitrogens with one attached hydrogen (secondary N) is 1. The zero-order valence-electron chi connectivity index (χ0n) is 14.3. The molecule has 2 nitrogen and oxygen atoms in total. The predicted molar refractivity (Wildman–Crippen MR) is 99.7 cm³/mol. The molecule has 0 amide bonds. The topological polar surface area (TPSA) is 21.3 Å². The Morgan fingerprint density at radius 3 is 2.00 bits per heavy atom. The molecule has 0 spiro atoms. The van der Waals surface area contributed by atoms with Crippen LogP contribution in [0.1, 0.15) is 51.9 Å². The quantitative estimate of drug-likeness (QED) is 0.474.